The molecule has 0 heterocycles. The molecule has 4 nitrogen and oxygen atoms in total. The maximum atomic E-state index is 11.3. The van der Waals surface area contributed by atoms with Crippen molar-refractivity contribution in [2.45, 2.75) is 32.4 Å². The van der Waals surface area contributed by atoms with Crippen LogP contribution in [0.2, 0.25) is 0 Å². The molecule has 4 N–H and O–H groups in total. The highest BCUT2D eigenvalue weighted by Gasteiger charge is 2.10. The van der Waals surface area contributed by atoms with Crippen molar-refractivity contribution in [3.8, 4) is 0 Å². The number of nitrogens with one attached hydrogen (secondary N) is 1. The number of aliphatic hydroxyl groups is 1. The molecular formula is C13H20N2O2. The summed E-state index contributed by atoms with van der Waals surface area (Å²) in [5, 5.41) is 11.4. The van der Waals surface area contributed by atoms with Crippen molar-refractivity contribution < 1.29 is 9.90 Å². The first kappa shape index (κ1) is 13.7. The highest BCUT2D eigenvalue weighted by molar-refractivity contribution is 5.81. The second-order valence-electron chi connectivity index (χ2n) is 4.40. The van der Waals surface area contributed by atoms with Crippen molar-refractivity contribution in [3.63, 3.8) is 0 Å². The van der Waals surface area contributed by atoms with Crippen molar-refractivity contribution in [2.24, 2.45) is 5.73 Å². The van der Waals surface area contributed by atoms with Gasteiger partial charge in [0.25, 0.3) is 0 Å². The molecule has 4 heteroatoms. The molecule has 1 atom stereocenters. The quantitative estimate of drug-likeness (QED) is 0.706. The molecule has 0 bridgehead atoms. The summed E-state index contributed by atoms with van der Waals surface area (Å²) in [6, 6.07) is 7.24. The summed E-state index contributed by atoms with van der Waals surface area (Å²) < 4.78 is 0. The number of rotatable bonds is 5. The molecule has 1 rings (SSSR count). The normalized spacial score (nSPS) is 12.5. The molecule has 1 amide bonds. The average Bonchev–Trinajstić information content (AvgIpc) is 2.35. The lowest BCUT2D eigenvalue weighted by molar-refractivity contribution is -0.123. The number of nitrogens with two attached hydrogens (primary N) is 1. The molecule has 1 unspecified atom stereocenters. The van der Waals surface area contributed by atoms with E-state index in [1.54, 1.807) is 0 Å². The van der Waals surface area contributed by atoms with Crippen LogP contribution in [0.1, 0.15) is 30.9 Å². The molecular weight excluding hydrogens is 216 g/mol. The summed E-state index contributed by atoms with van der Waals surface area (Å²) in [7, 11) is 0. The van der Waals surface area contributed by atoms with Gasteiger partial charge in [-0.1, -0.05) is 38.1 Å². The van der Waals surface area contributed by atoms with E-state index in [1.165, 1.54) is 5.56 Å². The zero-order valence-electron chi connectivity index (χ0n) is 10.3. The van der Waals surface area contributed by atoms with E-state index in [-0.39, 0.29) is 12.5 Å². The Labute approximate surface area is 102 Å². The monoisotopic (exact) mass is 236 g/mol. The van der Waals surface area contributed by atoms with E-state index < -0.39 is 6.04 Å². The minimum Gasteiger partial charge on any atom is -0.394 e. The van der Waals surface area contributed by atoms with Crippen LogP contribution in [0.15, 0.2) is 24.3 Å². The summed E-state index contributed by atoms with van der Waals surface area (Å²) in [6.07, 6.45) is 0. The van der Waals surface area contributed by atoms with Gasteiger partial charge in [0.1, 0.15) is 6.04 Å². The maximum Gasteiger partial charge on any atom is 0.239 e. The van der Waals surface area contributed by atoms with Crippen molar-refractivity contribution in [1.29, 1.82) is 0 Å². The highest BCUT2D eigenvalue weighted by Crippen LogP contribution is 2.14. The Bertz CT molecular complexity index is 360. The first-order chi connectivity index (χ1) is 8.04. The SMILES string of the molecule is CC(C)c1ccc(CNC(=O)C(N)CO)cc1. The Balaban J connectivity index is 2.50. The molecule has 1 aromatic carbocycles. The van der Waals surface area contributed by atoms with Crippen molar-refractivity contribution in [1.82, 2.24) is 5.32 Å². The molecule has 0 saturated carbocycles. The van der Waals surface area contributed by atoms with Crippen LogP contribution in [0.5, 0.6) is 0 Å². The maximum absolute atomic E-state index is 11.3. The van der Waals surface area contributed by atoms with E-state index in [4.69, 9.17) is 10.8 Å². The first-order valence-corrected chi connectivity index (χ1v) is 5.77. The van der Waals surface area contributed by atoms with Crippen molar-refractivity contribution >= 4 is 5.91 Å². The van der Waals surface area contributed by atoms with Gasteiger partial charge in [-0.3, -0.25) is 4.79 Å². The molecule has 0 saturated heterocycles. The number of amides is 1. The van der Waals surface area contributed by atoms with Gasteiger partial charge in [-0.25, -0.2) is 0 Å². The Morgan fingerprint density at radius 3 is 2.41 bits per heavy atom. The van der Waals surface area contributed by atoms with Crippen LogP contribution in [0.3, 0.4) is 0 Å². The van der Waals surface area contributed by atoms with Crippen LogP contribution in [-0.2, 0) is 11.3 Å². The summed E-state index contributed by atoms with van der Waals surface area (Å²) >= 11 is 0. The van der Waals surface area contributed by atoms with E-state index >= 15 is 0 Å². The minimum absolute atomic E-state index is 0.333. The van der Waals surface area contributed by atoms with E-state index in [2.05, 4.69) is 31.3 Å². The fourth-order valence-corrected chi connectivity index (χ4v) is 1.42. The van der Waals surface area contributed by atoms with E-state index in [0.717, 1.165) is 5.56 Å². The molecule has 1 aromatic rings. The van der Waals surface area contributed by atoms with Crippen LogP contribution in [0.25, 0.3) is 0 Å². The van der Waals surface area contributed by atoms with Crippen LogP contribution in [-0.4, -0.2) is 23.7 Å². The van der Waals surface area contributed by atoms with E-state index in [1.807, 2.05) is 12.1 Å². The Morgan fingerprint density at radius 2 is 1.94 bits per heavy atom. The summed E-state index contributed by atoms with van der Waals surface area (Å²) in [5.41, 5.74) is 7.67. The third-order valence-electron chi connectivity index (χ3n) is 2.65. The second-order valence-corrected chi connectivity index (χ2v) is 4.40. The van der Waals surface area contributed by atoms with Gasteiger partial charge in [0.05, 0.1) is 6.61 Å². The number of benzene rings is 1. The number of carbonyl (C=O) groups excluding carboxylic acids is 1. The van der Waals surface area contributed by atoms with Gasteiger partial charge in [-0.05, 0) is 17.0 Å². The first-order valence-electron chi connectivity index (χ1n) is 5.77. The molecule has 0 fully saturated rings. The number of hydrogen-bond acceptors (Lipinski definition) is 3. The summed E-state index contributed by atoms with van der Waals surface area (Å²) in [5.74, 6) is 0.168. The predicted octanol–water partition coefficient (Wildman–Crippen LogP) is 0.746. The van der Waals surface area contributed by atoms with Crippen LogP contribution in [0.4, 0.5) is 0 Å². The van der Waals surface area contributed by atoms with Gasteiger partial charge >= 0.3 is 0 Å². The topological polar surface area (TPSA) is 75.4 Å². The van der Waals surface area contributed by atoms with Gasteiger partial charge in [-0.2, -0.15) is 0 Å². The smallest absolute Gasteiger partial charge is 0.239 e. The fraction of sp³-hybridized carbons (Fsp3) is 0.462. The summed E-state index contributed by atoms with van der Waals surface area (Å²) in [4.78, 5) is 11.3. The molecule has 0 aliphatic heterocycles. The number of aliphatic hydroxyl groups excluding tert-OH is 1. The number of carbonyl (C=O) groups is 1. The zero-order chi connectivity index (χ0) is 12.8. The van der Waals surface area contributed by atoms with E-state index in [0.29, 0.717) is 12.5 Å². The third kappa shape index (κ3) is 4.17. The van der Waals surface area contributed by atoms with Crippen molar-refractivity contribution in [3.05, 3.63) is 35.4 Å². The molecule has 94 valence electrons. The predicted molar refractivity (Wildman–Crippen MR) is 67.4 cm³/mol. The highest BCUT2D eigenvalue weighted by atomic mass is 16.3. The zero-order valence-corrected chi connectivity index (χ0v) is 10.3. The van der Waals surface area contributed by atoms with Gasteiger partial charge < -0.3 is 16.2 Å². The lowest BCUT2D eigenvalue weighted by Crippen LogP contribution is -2.42. The van der Waals surface area contributed by atoms with Crippen LogP contribution < -0.4 is 11.1 Å². The Kier molecular flexibility index (Phi) is 5.12. The summed E-state index contributed by atoms with van der Waals surface area (Å²) in [6.45, 7) is 4.37. The van der Waals surface area contributed by atoms with Crippen LogP contribution >= 0.6 is 0 Å². The fourth-order valence-electron chi connectivity index (χ4n) is 1.42. The molecule has 0 aliphatic rings. The third-order valence-corrected chi connectivity index (χ3v) is 2.65. The van der Waals surface area contributed by atoms with E-state index in [9.17, 15) is 4.79 Å². The molecule has 0 spiro atoms. The number of hydrogen-bond donors (Lipinski definition) is 3. The van der Waals surface area contributed by atoms with Crippen molar-refractivity contribution in [2.75, 3.05) is 6.61 Å². The molecule has 17 heavy (non-hydrogen) atoms. The van der Waals surface area contributed by atoms with Gasteiger partial charge in [-0.15, -0.1) is 0 Å². The molecule has 0 aromatic heterocycles. The van der Waals surface area contributed by atoms with Gasteiger partial charge in [0, 0.05) is 6.54 Å². The Morgan fingerprint density at radius 1 is 1.35 bits per heavy atom. The molecule has 0 radical (unpaired) electrons. The standard InChI is InChI=1S/C13H20N2O2/c1-9(2)11-5-3-10(4-6-11)7-15-13(17)12(14)8-16/h3-6,9,12,16H,7-8,14H2,1-2H3,(H,15,17). The molecule has 0 aliphatic carbocycles. The second kappa shape index (κ2) is 6.37. The largest absolute Gasteiger partial charge is 0.394 e. The van der Waals surface area contributed by atoms with Gasteiger partial charge in [0.15, 0.2) is 0 Å². The minimum atomic E-state index is -0.843. The Hall–Kier alpha value is -1.39. The van der Waals surface area contributed by atoms with Crippen LogP contribution in [0, 0.1) is 0 Å². The lowest BCUT2D eigenvalue weighted by atomic mass is 10.0. The lowest BCUT2D eigenvalue weighted by Gasteiger charge is -2.10. The average molecular weight is 236 g/mol. The van der Waals surface area contributed by atoms with Gasteiger partial charge in [0.2, 0.25) is 5.91 Å².